The van der Waals surface area contributed by atoms with Crippen molar-refractivity contribution in [1.82, 2.24) is 15.3 Å². The van der Waals surface area contributed by atoms with Crippen molar-refractivity contribution in [3.05, 3.63) is 71.7 Å². The molecule has 0 aliphatic heterocycles. The molecule has 2 heterocycles. The van der Waals surface area contributed by atoms with Gasteiger partial charge in [0.15, 0.2) is 0 Å². The molecule has 0 radical (unpaired) electrons. The Labute approximate surface area is 190 Å². The lowest BCUT2D eigenvalue weighted by molar-refractivity contribution is -0.116. The van der Waals surface area contributed by atoms with Gasteiger partial charge in [-0.25, -0.2) is 13.1 Å². The molecule has 0 unspecified atom stereocenters. The van der Waals surface area contributed by atoms with E-state index >= 15 is 0 Å². The minimum atomic E-state index is -3.86. The van der Waals surface area contributed by atoms with Crippen LogP contribution in [0.25, 0.3) is 11.4 Å². The molecule has 0 atom stereocenters. The van der Waals surface area contributed by atoms with Gasteiger partial charge in [0.05, 0.1) is 10.6 Å². The van der Waals surface area contributed by atoms with Crippen molar-refractivity contribution in [2.45, 2.75) is 31.6 Å². The van der Waals surface area contributed by atoms with Crippen LogP contribution in [0.2, 0.25) is 0 Å². The summed E-state index contributed by atoms with van der Waals surface area (Å²) in [5.41, 5.74) is 2.50. The molecule has 0 aliphatic rings. The van der Waals surface area contributed by atoms with E-state index in [2.05, 4.69) is 25.3 Å². The molecule has 0 aliphatic carbocycles. The summed E-state index contributed by atoms with van der Waals surface area (Å²) < 4.78 is 37.7. The van der Waals surface area contributed by atoms with Gasteiger partial charge in [0.2, 0.25) is 23.5 Å². The maximum absolute atomic E-state index is 12.6. The van der Waals surface area contributed by atoms with E-state index < -0.39 is 10.0 Å². The molecule has 0 bridgehead atoms. The Balaban J connectivity index is 1.33. The standard InChI is InChI=1S/C22H21N5O5S/c1-14-15(2)25-32-22(14)27-33(29,30)18-10-8-17(9-11-18)23-19(28)12-13-20-24-21(26-31-20)16-6-4-3-5-7-16/h3-11,27H,12-13H2,1-2H3,(H,23,28). The number of hydrogen-bond donors (Lipinski definition) is 2. The maximum Gasteiger partial charge on any atom is 0.264 e. The van der Waals surface area contributed by atoms with E-state index in [1.54, 1.807) is 13.8 Å². The number of aryl methyl sites for hydroxylation is 2. The topological polar surface area (TPSA) is 140 Å². The monoisotopic (exact) mass is 467 g/mol. The van der Waals surface area contributed by atoms with Gasteiger partial charge < -0.3 is 14.4 Å². The van der Waals surface area contributed by atoms with E-state index in [0.717, 1.165) is 5.56 Å². The van der Waals surface area contributed by atoms with Crippen molar-refractivity contribution in [1.29, 1.82) is 0 Å². The van der Waals surface area contributed by atoms with E-state index in [4.69, 9.17) is 9.05 Å². The molecule has 2 N–H and O–H groups in total. The van der Waals surface area contributed by atoms with Gasteiger partial charge in [-0.15, -0.1) is 0 Å². The zero-order chi connectivity index (χ0) is 23.4. The van der Waals surface area contributed by atoms with Crippen molar-refractivity contribution in [3.8, 4) is 11.4 Å². The number of benzene rings is 2. The Bertz CT molecular complexity index is 1360. The van der Waals surface area contributed by atoms with Crippen molar-refractivity contribution in [3.63, 3.8) is 0 Å². The van der Waals surface area contributed by atoms with Gasteiger partial charge in [0.25, 0.3) is 10.0 Å². The molecule has 2 aromatic carbocycles. The van der Waals surface area contributed by atoms with Crippen LogP contribution in [0.4, 0.5) is 11.6 Å². The maximum atomic E-state index is 12.6. The summed E-state index contributed by atoms with van der Waals surface area (Å²) in [5.74, 6) is 0.624. The molecule has 1 amide bonds. The Morgan fingerprint density at radius 2 is 1.70 bits per heavy atom. The number of anilines is 2. The number of hydrogen-bond acceptors (Lipinski definition) is 8. The zero-order valence-corrected chi connectivity index (χ0v) is 18.7. The zero-order valence-electron chi connectivity index (χ0n) is 17.9. The third kappa shape index (κ3) is 5.26. The average Bonchev–Trinajstić information content (AvgIpc) is 3.41. The first-order valence-electron chi connectivity index (χ1n) is 10.1. The van der Waals surface area contributed by atoms with Gasteiger partial charge in [0, 0.05) is 29.7 Å². The summed E-state index contributed by atoms with van der Waals surface area (Å²) in [5, 5.41) is 10.4. The third-order valence-corrected chi connectivity index (χ3v) is 6.25. The molecule has 10 nitrogen and oxygen atoms in total. The molecule has 0 saturated heterocycles. The van der Waals surface area contributed by atoms with Gasteiger partial charge in [-0.1, -0.05) is 40.6 Å². The van der Waals surface area contributed by atoms with Gasteiger partial charge in [-0.2, -0.15) is 4.98 Å². The minimum absolute atomic E-state index is 0.0215. The Morgan fingerprint density at radius 3 is 2.36 bits per heavy atom. The number of amides is 1. The van der Waals surface area contributed by atoms with Crippen LogP contribution in [0.1, 0.15) is 23.6 Å². The second kappa shape index (κ2) is 9.25. The smallest absolute Gasteiger partial charge is 0.264 e. The molecule has 0 spiro atoms. The number of carbonyl (C=O) groups excluding carboxylic acids is 1. The van der Waals surface area contributed by atoms with Crippen LogP contribution in [0.5, 0.6) is 0 Å². The fraction of sp³-hybridized carbons (Fsp3) is 0.182. The van der Waals surface area contributed by atoms with Crippen molar-refractivity contribution in [2.75, 3.05) is 10.0 Å². The second-order valence-corrected chi connectivity index (χ2v) is 8.96. The molecule has 4 rings (SSSR count). The van der Waals surface area contributed by atoms with Crippen LogP contribution in [-0.4, -0.2) is 29.6 Å². The molecule has 33 heavy (non-hydrogen) atoms. The van der Waals surface area contributed by atoms with Crippen LogP contribution >= 0.6 is 0 Å². The van der Waals surface area contributed by atoms with E-state index in [-0.39, 0.29) is 29.5 Å². The summed E-state index contributed by atoms with van der Waals surface area (Å²) in [6.07, 6.45) is 0.403. The predicted molar refractivity (Wildman–Crippen MR) is 120 cm³/mol. The van der Waals surface area contributed by atoms with E-state index in [1.807, 2.05) is 30.3 Å². The summed E-state index contributed by atoms with van der Waals surface area (Å²) in [6, 6.07) is 15.2. The first kappa shape index (κ1) is 22.2. The number of rotatable bonds is 8. The summed E-state index contributed by atoms with van der Waals surface area (Å²) in [7, 11) is -3.86. The molecule has 0 saturated carbocycles. The Kier molecular flexibility index (Phi) is 6.22. The molecule has 2 aromatic heterocycles. The number of nitrogens with one attached hydrogen (secondary N) is 2. The quantitative estimate of drug-likeness (QED) is 0.400. The van der Waals surface area contributed by atoms with Crippen molar-refractivity contribution in [2.24, 2.45) is 0 Å². The van der Waals surface area contributed by atoms with Crippen LogP contribution < -0.4 is 10.0 Å². The lowest BCUT2D eigenvalue weighted by Crippen LogP contribution is -2.14. The van der Waals surface area contributed by atoms with Gasteiger partial charge in [-0.05, 0) is 38.1 Å². The highest BCUT2D eigenvalue weighted by Crippen LogP contribution is 2.23. The summed E-state index contributed by atoms with van der Waals surface area (Å²) in [4.78, 5) is 16.6. The van der Waals surface area contributed by atoms with Crippen molar-refractivity contribution < 1.29 is 22.3 Å². The van der Waals surface area contributed by atoms with Crippen LogP contribution in [0.15, 0.2) is 68.5 Å². The molecular weight excluding hydrogens is 446 g/mol. The largest absolute Gasteiger partial charge is 0.339 e. The van der Waals surface area contributed by atoms with E-state index in [9.17, 15) is 13.2 Å². The van der Waals surface area contributed by atoms with Crippen LogP contribution in [-0.2, 0) is 21.2 Å². The van der Waals surface area contributed by atoms with Crippen LogP contribution in [0, 0.1) is 13.8 Å². The molecule has 170 valence electrons. The number of sulfonamides is 1. The first-order chi connectivity index (χ1) is 15.8. The summed E-state index contributed by atoms with van der Waals surface area (Å²) in [6.45, 7) is 3.42. The Hall–Kier alpha value is -3.99. The second-order valence-electron chi connectivity index (χ2n) is 7.28. The predicted octanol–water partition coefficient (Wildman–Crippen LogP) is 3.71. The number of carbonyl (C=O) groups is 1. The van der Waals surface area contributed by atoms with Gasteiger partial charge in [-0.3, -0.25) is 4.79 Å². The van der Waals surface area contributed by atoms with Gasteiger partial charge >= 0.3 is 0 Å². The lowest BCUT2D eigenvalue weighted by Gasteiger charge is -2.08. The van der Waals surface area contributed by atoms with Crippen LogP contribution in [0.3, 0.4) is 0 Å². The lowest BCUT2D eigenvalue weighted by atomic mass is 10.2. The normalized spacial score (nSPS) is 11.3. The third-order valence-electron chi connectivity index (χ3n) is 4.90. The average molecular weight is 468 g/mol. The SMILES string of the molecule is Cc1noc(NS(=O)(=O)c2ccc(NC(=O)CCc3nc(-c4ccccc4)no3)cc2)c1C. The fourth-order valence-electron chi connectivity index (χ4n) is 2.91. The van der Waals surface area contributed by atoms with Crippen molar-refractivity contribution >= 4 is 27.5 Å². The summed E-state index contributed by atoms with van der Waals surface area (Å²) >= 11 is 0. The Morgan fingerprint density at radius 1 is 0.970 bits per heavy atom. The fourth-order valence-corrected chi connectivity index (χ4v) is 3.96. The molecule has 4 aromatic rings. The minimum Gasteiger partial charge on any atom is -0.339 e. The van der Waals surface area contributed by atoms with Gasteiger partial charge in [0.1, 0.15) is 0 Å². The highest BCUT2D eigenvalue weighted by atomic mass is 32.2. The van der Waals surface area contributed by atoms with E-state index in [0.29, 0.717) is 28.7 Å². The highest BCUT2D eigenvalue weighted by molar-refractivity contribution is 7.92. The highest BCUT2D eigenvalue weighted by Gasteiger charge is 2.19. The number of nitrogens with zero attached hydrogens (tertiary/aromatic N) is 3. The van der Waals surface area contributed by atoms with E-state index in [1.165, 1.54) is 24.3 Å². The molecular formula is C22H21N5O5S. The molecule has 11 heteroatoms. The first-order valence-corrected chi connectivity index (χ1v) is 11.5. The molecule has 0 fully saturated rings. The number of aromatic nitrogens is 3.